The van der Waals surface area contributed by atoms with Crippen molar-refractivity contribution in [1.29, 1.82) is 0 Å². The predicted molar refractivity (Wildman–Crippen MR) is 77.8 cm³/mol. The highest BCUT2D eigenvalue weighted by atomic mass is 127. The third kappa shape index (κ3) is 3.84. The Bertz CT molecular complexity index is 478. The summed E-state index contributed by atoms with van der Waals surface area (Å²) >= 11 is 5.37. The summed E-state index contributed by atoms with van der Waals surface area (Å²) in [4.78, 5) is 22.8. The molecule has 7 heteroatoms. The smallest absolute Gasteiger partial charge is 0.325 e. The first kappa shape index (κ1) is 15.2. The monoisotopic (exact) mass is 427 g/mol. The third-order valence-electron chi connectivity index (χ3n) is 2.11. The number of halogens is 2. The van der Waals surface area contributed by atoms with Gasteiger partial charge in [-0.3, -0.25) is 9.59 Å². The lowest BCUT2D eigenvalue weighted by Gasteiger charge is -2.09. The van der Waals surface area contributed by atoms with Gasteiger partial charge in [-0.05, 0) is 50.7 Å². The van der Waals surface area contributed by atoms with E-state index in [0.717, 1.165) is 8.04 Å². The van der Waals surface area contributed by atoms with Crippen molar-refractivity contribution in [2.45, 2.75) is 0 Å². The second kappa shape index (κ2) is 6.93. The molecule has 0 aromatic heterocycles. The highest BCUT2D eigenvalue weighted by molar-refractivity contribution is 14.1. The lowest BCUT2D eigenvalue weighted by Crippen LogP contribution is -2.30. The zero-order valence-electron chi connectivity index (χ0n) is 9.75. The molecule has 0 atom stereocenters. The maximum Gasteiger partial charge on any atom is 0.325 e. The topological polar surface area (TPSA) is 64.6 Å². The molecule has 0 radical (unpaired) electrons. The van der Waals surface area contributed by atoms with Gasteiger partial charge in [0.25, 0.3) is 5.91 Å². The summed E-state index contributed by atoms with van der Waals surface area (Å²) in [6.45, 7) is -0.163. The van der Waals surface area contributed by atoms with Crippen LogP contribution in [0.2, 0.25) is 0 Å². The number of methoxy groups -OCH3 is 2. The van der Waals surface area contributed by atoms with Crippen molar-refractivity contribution >= 4 is 50.4 Å². The van der Waals surface area contributed by atoms with Gasteiger partial charge in [0, 0.05) is 3.57 Å². The Morgan fingerprint density at radius 2 is 2.06 bits per heavy atom. The number of hydrogen-bond acceptors (Lipinski definition) is 4. The minimum Gasteiger partial charge on any atom is -0.496 e. The van der Waals surface area contributed by atoms with E-state index in [0.29, 0.717) is 11.3 Å². The molecule has 0 heterocycles. The van der Waals surface area contributed by atoms with Crippen molar-refractivity contribution in [3.63, 3.8) is 0 Å². The second-order valence-electron chi connectivity index (χ2n) is 3.23. The average molecular weight is 428 g/mol. The lowest BCUT2D eigenvalue weighted by molar-refractivity contribution is -0.139. The lowest BCUT2D eigenvalue weighted by atomic mass is 10.2. The van der Waals surface area contributed by atoms with Gasteiger partial charge in [-0.25, -0.2) is 0 Å². The second-order valence-corrected chi connectivity index (χ2v) is 5.24. The van der Waals surface area contributed by atoms with Crippen LogP contribution in [0.4, 0.5) is 0 Å². The van der Waals surface area contributed by atoms with Crippen LogP contribution in [0.5, 0.6) is 5.75 Å². The van der Waals surface area contributed by atoms with E-state index in [1.54, 1.807) is 12.1 Å². The van der Waals surface area contributed by atoms with Crippen molar-refractivity contribution in [2.75, 3.05) is 20.8 Å². The zero-order valence-corrected chi connectivity index (χ0v) is 13.5. The third-order valence-corrected chi connectivity index (χ3v) is 3.62. The summed E-state index contributed by atoms with van der Waals surface area (Å²) in [6, 6.07) is 3.38. The first-order valence-corrected chi connectivity index (χ1v) is 6.74. The fraction of sp³-hybridized carbons (Fsp3) is 0.273. The van der Waals surface area contributed by atoms with Gasteiger partial charge in [0.1, 0.15) is 12.3 Å². The van der Waals surface area contributed by atoms with Gasteiger partial charge >= 0.3 is 5.97 Å². The van der Waals surface area contributed by atoms with Crippen LogP contribution in [0.15, 0.2) is 16.6 Å². The maximum atomic E-state index is 11.9. The molecule has 98 valence electrons. The van der Waals surface area contributed by atoms with Gasteiger partial charge in [-0.1, -0.05) is 0 Å². The van der Waals surface area contributed by atoms with E-state index in [9.17, 15) is 9.59 Å². The molecule has 0 spiro atoms. The van der Waals surface area contributed by atoms with Gasteiger partial charge < -0.3 is 14.8 Å². The number of nitrogens with one attached hydrogen (secondary N) is 1. The van der Waals surface area contributed by atoms with E-state index in [-0.39, 0.29) is 12.5 Å². The van der Waals surface area contributed by atoms with Gasteiger partial charge in [-0.2, -0.15) is 0 Å². The molecular formula is C11H11BrINO4. The Kier molecular flexibility index (Phi) is 5.86. The van der Waals surface area contributed by atoms with Crippen molar-refractivity contribution in [2.24, 2.45) is 0 Å². The van der Waals surface area contributed by atoms with Crippen LogP contribution in [0, 0.1) is 3.57 Å². The molecular weight excluding hydrogens is 417 g/mol. The van der Waals surface area contributed by atoms with Crippen LogP contribution in [0.1, 0.15) is 10.4 Å². The standard InChI is InChI=1S/C11H11BrINO4/c1-17-9-3-6(8(13)4-7(9)12)11(16)14-5-10(15)18-2/h3-4H,5H2,1-2H3,(H,14,16). The quantitative estimate of drug-likeness (QED) is 0.589. The van der Waals surface area contributed by atoms with Crippen LogP contribution < -0.4 is 10.1 Å². The number of carbonyl (C=O) groups is 2. The Morgan fingerprint density at radius 3 is 2.61 bits per heavy atom. The van der Waals surface area contributed by atoms with Crippen LogP contribution >= 0.6 is 38.5 Å². The summed E-state index contributed by atoms with van der Waals surface area (Å²) < 4.78 is 11.1. The molecule has 1 aromatic rings. The minimum absolute atomic E-state index is 0.163. The summed E-state index contributed by atoms with van der Waals surface area (Å²) in [6.07, 6.45) is 0. The number of amides is 1. The van der Waals surface area contributed by atoms with Crippen molar-refractivity contribution in [1.82, 2.24) is 5.32 Å². The molecule has 1 amide bonds. The Hall–Kier alpha value is -0.830. The normalized spacial score (nSPS) is 9.78. The van der Waals surface area contributed by atoms with E-state index < -0.39 is 5.97 Å². The summed E-state index contributed by atoms with van der Waals surface area (Å²) in [7, 11) is 2.78. The molecule has 0 bridgehead atoms. The Balaban J connectivity index is 2.88. The van der Waals surface area contributed by atoms with E-state index in [1.165, 1.54) is 14.2 Å². The van der Waals surface area contributed by atoms with Crippen LogP contribution in [0.3, 0.4) is 0 Å². The summed E-state index contributed by atoms with van der Waals surface area (Å²) in [5.41, 5.74) is 0.444. The number of carbonyl (C=O) groups excluding carboxylic acids is 2. The summed E-state index contributed by atoms with van der Waals surface area (Å²) in [5, 5.41) is 2.47. The molecule has 18 heavy (non-hydrogen) atoms. The van der Waals surface area contributed by atoms with Crippen LogP contribution in [0.25, 0.3) is 0 Å². The van der Waals surface area contributed by atoms with Gasteiger partial charge in [0.15, 0.2) is 0 Å². The number of esters is 1. The molecule has 0 aliphatic heterocycles. The van der Waals surface area contributed by atoms with E-state index in [1.807, 2.05) is 22.6 Å². The summed E-state index contributed by atoms with van der Waals surface area (Å²) in [5.74, 6) is -0.295. The Labute approximate surface area is 126 Å². The number of benzene rings is 1. The maximum absolute atomic E-state index is 11.9. The molecule has 0 aliphatic rings. The molecule has 0 saturated heterocycles. The highest BCUT2D eigenvalue weighted by Crippen LogP contribution is 2.29. The largest absolute Gasteiger partial charge is 0.496 e. The van der Waals surface area contributed by atoms with E-state index in [4.69, 9.17) is 4.74 Å². The SMILES string of the molecule is COC(=O)CNC(=O)c1cc(OC)c(Br)cc1I. The van der Waals surface area contributed by atoms with Gasteiger partial charge in [0.2, 0.25) is 0 Å². The van der Waals surface area contributed by atoms with Crippen molar-refractivity contribution < 1.29 is 19.1 Å². The molecule has 1 rings (SSSR count). The average Bonchev–Trinajstić information content (AvgIpc) is 2.35. The number of rotatable bonds is 4. The first-order valence-electron chi connectivity index (χ1n) is 4.87. The van der Waals surface area contributed by atoms with Crippen LogP contribution in [-0.4, -0.2) is 32.6 Å². The van der Waals surface area contributed by atoms with E-state index >= 15 is 0 Å². The molecule has 0 unspecified atom stereocenters. The molecule has 1 N–H and O–H groups in total. The van der Waals surface area contributed by atoms with Crippen molar-refractivity contribution in [3.8, 4) is 5.75 Å². The van der Waals surface area contributed by atoms with Gasteiger partial charge in [-0.15, -0.1) is 0 Å². The predicted octanol–water partition coefficient (Wildman–Crippen LogP) is 1.97. The highest BCUT2D eigenvalue weighted by Gasteiger charge is 2.14. The molecule has 1 aromatic carbocycles. The van der Waals surface area contributed by atoms with Crippen molar-refractivity contribution in [3.05, 3.63) is 25.7 Å². The minimum atomic E-state index is -0.498. The number of hydrogen-bond donors (Lipinski definition) is 1. The van der Waals surface area contributed by atoms with E-state index in [2.05, 4.69) is 26.0 Å². The first-order chi connectivity index (χ1) is 8.49. The molecule has 0 saturated carbocycles. The molecule has 0 fully saturated rings. The Morgan fingerprint density at radius 1 is 1.39 bits per heavy atom. The fourth-order valence-electron chi connectivity index (χ4n) is 1.18. The van der Waals surface area contributed by atoms with Crippen LogP contribution in [-0.2, 0) is 9.53 Å². The number of ether oxygens (including phenoxy) is 2. The molecule has 0 aliphatic carbocycles. The molecule has 5 nitrogen and oxygen atoms in total. The zero-order chi connectivity index (χ0) is 13.7. The fourth-order valence-corrected chi connectivity index (χ4v) is 2.82. The van der Waals surface area contributed by atoms with Gasteiger partial charge in [0.05, 0.1) is 24.3 Å².